The monoisotopic (exact) mass is 757 g/mol. The number of para-hydroxylation sites is 3. The van der Waals surface area contributed by atoms with Crippen LogP contribution in [-0.2, 0) is 0 Å². The Morgan fingerprint density at radius 2 is 0.898 bits per heavy atom. The van der Waals surface area contributed by atoms with E-state index in [9.17, 15) is 0 Å². The first-order chi connectivity index (χ1) is 29.2. The van der Waals surface area contributed by atoms with Gasteiger partial charge in [-0.15, -0.1) is 0 Å². The first-order valence-electron chi connectivity index (χ1n) is 19.8. The Kier molecular flexibility index (Phi) is 6.63. The lowest BCUT2D eigenvalue weighted by Crippen LogP contribution is -1.93. The molecule has 0 fully saturated rings. The minimum absolute atomic E-state index is 0.792. The van der Waals surface area contributed by atoms with E-state index in [4.69, 9.17) is 13.6 Å². The number of aromatic nitrogens is 3. The van der Waals surface area contributed by atoms with Gasteiger partial charge in [0.25, 0.3) is 0 Å². The molecule has 0 bridgehead atoms. The van der Waals surface area contributed by atoms with Crippen LogP contribution in [0.25, 0.3) is 110 Å². The topological polar surface area (TPSA) is 58.3 Å². The predicted molar refractivity (Wildman–Crippen MR) is 239 cm³/mol. The van der Waals surface area contributed by atoms with E-state index in [2.05, 4.69) is 148 Å². The maximum Gasteiger partial charge on any atom is 0.153 e. The molecule has 8 aromatic carbocycles. The van der Waals surface area contributed by atoms with E-state index in [1.54, 1.807) is 0 Å². The van der Waals surface area contributed by atoms with E-state index in [-0.39, 0.29) is 0 Å². The highest BCUT2D eigenvalue weighted by molar-refractivity contribution is 6.13. The lowest BCUT2D eigenvalue weighted by molar-refractivity contribution is 0.483. The molecule has 0 atom stereocenters. The fourth-order valence-corrected chi connectivity index (χ4v) is 9.16. The molecule has 0 saturated carbocycles. The van der Waals surface area contributed by atoms with Gasteiger partial charge in [0.1, 0.15) is 33.8 Å². The van der Waals surface area contributed by atoms with Gasteiger partial charge in [0.2, 0.25) is 0 Å². The Balaban J connectivity index is 0.934. The molecular formula is C53H31N3O3. The largest absolute Gasteiger partial charge is 0.457 e. The van der Waals surface area contributed by atoms with Crippen molar-refractivity contribution < 1.29 is 13.6 Å². The molecular weight excluding hydrogens is 727 g/mol. The van der Waals surface area contributed by atoms with Crippen molar-refractivity contribution in [2.24, 2.45) is 0 Å². The van der Waals surface area contributed by atoms with Crippen molar-refractivity contribution in [2.75, 3.05) is 0 Å². The quantitative estimate of drug-likeness (QED) is 0.175. The highest BCUT2D eigenvalue weighted by atomic mass is 16.5. The number of fused-ring (bicyclic) bond motifs is 12. The molecule has 6 nitrogen and oxygen atoms in total. The molecule has 0 aliphatic heterocycles. The number of benzene rings is 8. The van der Waals surface area contributed by atoms with E-state index in [1.807, 2.05) is 54.7 Å². The molecule has 59 heavy (non-hydrogen) atoms. The summed E-state index contributed by atoms with van der Waals surface area (Å²) < 4.78 is 23.5. The molecule has 0 aliphatic carbocycles. The van der Waals surface area contributed by atoms with Crippen molar-refractivity contribution in [3.05, 3.63) is 188 Å². The van der Waals surface area contributed by atoms with E-state index in [0.29, 0.717) is 0 Å². The molecule has 0 amide bonds. The number of hydrogen-bond acceptors (Lipinski definition) is 4. The Labute approximate surface area is 336 Å². The number of nitrogens with zero attached hydrogens (tertiary/aromatic N) is 3. The average Bonchev–Trinajstić information content (AvgIpc) is 4.03. The van der Waals surface area contributed by atoms with Gasteiger partial charge < -0.3 is 22.7 Å². The highest BCUT2D eigenvalue weighted by Crippen LogP contribution is 2.41. The first kappa shape index (κ1) is 32.0. The number of rotatable bonds is 5. The minimum atomic E-state index is 0.792. The second-order valence-electron chi connectivity index (χ2n) is 15.2. The maximum absolute atomic E-state index is 6.45. The molecule has 0 unspecified atom stereocenters. The molecule has 0 spiro atoms. The molecule has 13 aromatic rings. The third-order valence-corrected chi connectivity index (χ3v) is 11.8. The van der Waals surface area contributed by atoms with Gasteiger partial charge in [0, 0.05) is 55.3 Å². The van der Waals surface area contributed by atoms with Crippen LogP contribution in [0, 0.1) is 0 Å². The van der Waals surface area contributed by atoms with Crippen molar-refractivity contribution in [2.45, 2.75) is 0 Å². The highest BCUT2D eigenvalue weighted by Gasteiger charge is 2.18. The Bertz CT molecular complexity index is 3830. The predicted octanol–water partition coefficient (Wildman–Crippen LogP) is 14.5. The maximum atomic E-state index is 6.45. The second kappa shape index (κ2) is 12.2. The zero-order valence-corrected chi connectivity index (χ0v) is 31.5. The van der Waals surface area contributed by atoms with Crippen LogP contribution in [0.15, 0.2) is 197 Å². The van der Waals surface area contributed by atoms with E-state index in [0.717, 1.165) is 105 Å². The summed E-state index contributed by atoms with van der Waals surface area (Å²) in [6.07, 6.45) is 1.82. The molecule has 5 aromatic heterocycles. The smallest absolute Gasteiger partial charge is 0.153 e. The van der Waals surface area contributed by atoms with Gasteiger partial charge in [-0.1, -0.05) is 66.7 Å². The summed E-state index contributed by atoms with van der Waals surface area (Å²) in [6.45, 7) is 0. The van der Waals surface area contributed by atoms with Gasteiger partial charge >= 0.3 is 0 Å². The van der Waals surface area contributed by atoms with Gasteiger partial charge in [-0.25, -0.2) is 0 Å². The summed E-state index contributed by atoms with van der Waals surface area (Å²) in [7, 11) is 0. The van der Waals surface area contributed by atoms with Crippen molar-refractivity contribution >= 4 is 87.6 Å². The third-order valence-electron chi connectivity index (χ3n) is 11.8. The first-order valence-corrected chi connectivity index (χ1v) is 19.8. The molecule has 13 rings (SSSR count). The van der Waals surface area contributed by atoms with Crippen LogP contribution in [0.3, 0.4) is 0 Å². The zero-order chi connectivity index (χ0) is 38.6. The van der Waals surface area contributed by atoms with Crippen molar-refractivity contribution in [3.8, 4) is 34.0 Å². The number of ether oxygens (including phenoxy) is 1. The van der Waals surface area contributed by atoms with E-state index < -0.39 is 0 Å². The summed E-state index contributed by atoms with van der Waals surface area (Å²) >= 11 is 0. The number of hydrogen-bond donors (Lipinski definition) is 0. The molecule has 6 heteroatoms. The van der Waals surface area contributed by atoms with Crippen LogP contribution >= 0.6 is 0 Å². The van der Waals surface area contributed by atoms with Crippen molar-refractivity contribution in [1.82, 2.24) is 14.1 Å². The summed E-state index contributed by atoms with van der Waals surface area (Å²) in [5, 5.41) is 7.85. The number of furan rings is 2. The Morgan fingerprint density at radius 3 is 1.64 bits per heavy atom. The van der Waals surface area contributed by atoms with Crippen LogP contribution in [0.2, 0.25) is 0 Å². The zero-order valence-electron chi connectivity index (χ0n) is 31.5. The molecule has 0 radical (unpaired) electrons. The van der Waals surface area contributed by atoms with Crippen molar-refractivity contribution in [3.63, 3.8) is 0 Å². The molecule has 0 saturated heterocycles. The summed E-state index contributed by atoms with van der Waals surface area (Å²) in [5.74, 6) is 1.62. The number of pyridine rings is 1. The second-order valence-corrected chi connectivity index (χ2v) is 15.2. The normalized spacial score (nSPS) is 12.1. The van der Waals surface area contributed by atoms with Gasteiger partial charge in [0.15, 0.2) is 5.58 Å². The standard InChI is InChI=1S/C53H31N3O3/c1-2-9-36(10-3-1)57-37-20-22-48-41(31-37)39-12-5-7-14-46(39)55(48)34-18-24-50-43(29-34)42-28-33(17-23-49(42)58-50)32-16-21-47-40(27-32)38-11-4-6-13-45(38)56(47)35-19-25-51-44(30-35)53-52(59-51)15-8-26-54-53/h1-31H. The molecule has 5 heterocycles. The van der Waals surface area contributed by atoms with Crippen molar-refractivity contribution in [1.29, 1.82) is 0 Å². The summed E-state index contributed by atoms with van der Waals surface area (Å²) in [4.78, 5) is 4.64. The SMILES string of the molecule is c1ccc(Oc2ccc3c(c2)c2ccccc2n3-c2ccc3oc4ccc(-c5ccc6c(c5)c5ccccc5n6-c5ccc6oc7cccnc7c6c5)cc4c3c2)cc1. The van der Waals surface area contributed by atoms with Crippen LogP contribution in [0.5, 0.6) is 11.5 Å². The minimum Gasteiger partial charge on any atom is -0.457 e. The molecule has 0 aliphatic rings. The van der Waals surface area contributed by atoms with Gasteiger partial charge in [-0.2, -0.15) is 0 Å². The lowest BCUT2D eigenvalue weighted by Gasteiger charge is -2.09. The van der Waals surface area contributed by atoms with Gasteiger partial charge in [0.05, 0.1) is 22.1 Å². The average molecular weight is 758 g/mol. The molecule has 276 valence electrons. The fraction of sp³-hybridized carbons (Fsp3) is 0. The fourth-order valence-electron chi connectivity index (χ4n) is 9.16. The van der Waals surface area contributed by atoms with Crippen LogP contribution in [-0.4, -0.2) is 14.1 Å². The van der Waals surface area contributed by atoms with Gasteiger partial charge in [-0.3, -0.25) is 4.98 Å². The van der Waals surface area contributed by atoms with Crippen LogP contribution < -0.4 is 4.74 Å². The van der Waals surface area contributed by atoms with E-state index >= 15 is 0 Å². The molecule has 0 N–H and O–H groups in total. The Hall–Kier alpha value is -8.09. The van der Waals surface area contributed by atoms with E-state index in [1.165, 1.54) is 16.2 Å². The van der Waals surface area contributed by atoms with Gasteiger partial charge in [-0.05, 0) is 126 Å². The lowest BCUT2D eigenvalue weighted by atomic mass is 10.0. The van der Waals surface area contributed by atoms with Crippen LogP contribution in [0.1, 0.15) is 0 Å². The Morgan fingerprint density at radius 1 is 0.356 bits per heavy atom. The van der Waals surface area contributed by atoms with Crippen LogP contribution in [0.4, 0.5) is 0 Å². The summed E-state index contributed by atoms with van der Waals surface area (Å²) in [5.41, 5.74) is 13.2. The third kappa shape index (κ3) is 4.84. The summed E-state index contributed by atoms with van der Waals surface area (Å²) in [6, 6.07) is 63.6.